The van der Waals surface area contributed by atoms with Gasteiger partial charge < -0.3 is 15.3 Å². The molecule has 1 fully saturated rings. The standard InChI is InChI=1S/C16H17F3N2O4/c1-9(15(24)25)21(10-6-7-10)13(22)8-20-14(23)11-4-2-3-5-12(11)16(17,18)19/h2-5,9-10H,6-8H2,1H3,(H,20,23)(H,24,25). The number of carboxylic acids is 1. The molecule has 2 rings (SSSR count). The number of amides is 2. The van der Waals surface area contributed by atoms with E-state index in [0.717, 1.165) is 23.1 Å². The van der Waals surface area contributed by atoms with Crippen molar-refractivity contribution in [1.29, 1.82) is 0 Å². The van der Waals surface area contributed by atoms with Gasteiger partial charge in [0.1, 0.15) is 6.04 Å². The monoisotopic (exact) mass is 358 g/mol. The van der Waals surface area contributed by atoms with Gasteiger partial charge in [-0.05, 0) is 31.9 Å². The molecule has 9 heteroatoms. The van der Waals surface area contributed by atoms with E-state index < -0.39 is 47.7 Å². The first-order valence-corrected chi connectivity index (χ1v) is 7.61. The Hall–Kier alpha value is -2.58. The van der Waals surface area contributed by atoms with E-state index in [1.807, 2.05) is 0 Å². The Morgan fingerprint density at radius 1 is 1.28 bits per heavy atom. The Labute approximate surface area is 141 Å². The third-order valence-electron chi connectivity index (χ3n) is 3.88. The van der Waals surface area contributed by atoms with Crippen LogP contribution in [0.1, 0.15) is 35.7 Å². The predicted octanol–water partition coefficient (Wildman–Crippen LogP) is 1.90. The number of rotatable bonds is 6. The van der Waals surface area contributed by atoms with Gasteiger partial charge in [0.25, 0.3) is 5.91 Å². The average Bonchev–Trinajstić information content (AvgIpc) is 3.36. The van der Waals surface area contributed by atoms with Crippen LogP contribution in [0.15, 0.2) is 24.3 Å². The third kappa shape index (κ3) is 4.49. The van der Waals surface area contributed by atoms with Gasteiger partial charge in [-0.1, -0.05) is 12.1 Å². The summed E-state index contributed by atoms with van der Waals surface area (Å²) in [5, 5.41) is 11.2. The molecule has 1 aromatic carbocycles. The minimum Gasteiger partial charge on any atom is -0.480 e. The molecule has 0 saturated heterocycles. The summed E-state index contributed by atoms with van der Waals surface area (Å²) in [6.07, 6.45) is -3.38. The van der Waals surface area contributed by atoms with E-state index in [0.29, 0.717) is 12.8 Å². The minimum absolute atomic E-state index is 0.210. The first kappa shape index (κ1) is 18.8. The first-order valence-electron chi connectivity index (χ1n) is 7.61. The van der Waals surface area contributed by atoms with E-state index in [1.165, 1.54) is 13.0 Å². The van der Waals surface area contributed by atoms with E-state index in [2.05, 4.69) is 5.32 Å². The van der Waals surface area contributed by atoms with Gasteiger partial charge in [-0.2, -0.15) is 13.2 Å². The molecular weight excluding hydrogens is 341 g/mol. The Balaban J connectivity index is 2.07. The largest absolute Gasteiger partial charge is 0.480 e. The number of alkyl halides is 3. The predicted molar refractivity (Wildman–Crippen MR) is 80.7 cm³/mol. The number of carboxylic acid groups (broad SMARTS) is 1. The lowest BCUT2D eigenvalue weighted by Gasteiger charge is -2.26. The second kappa shape index (κ2) is 7.12. The summed E-state index contributed by atoms with van der Waals surface area (Å²) in [7, 11) is 0. The number of benzene rings is 1. The fourth-order valence-electron chi connectivity index (χ4n) is 2.48. The molecule has 2 N–H and O–H groups in total. The maximum atomic E-state index is 12.9. The van der Waals surface area contributed by atoms with Crippen LogP contribution >= 0.6 is 0 Å². The van der Waals surface area contributed by atoms with Gasteiger partial charge in [-0.15, -0.1) is 0 Å². The lowest BCUT2D eigenvalue weighted by molar-refractivity contribution is -0.149. The molecule has 0 heterocycles. The number of carbonyl (C=O) groups is 3. The Bertz CT molecular complexity index is 686. The van der Waals surface area contributed by atoms with Crippen LogP contribution in [0.5, 0.6) is 0 Å². The second-order valence-corrected chi connectivity index (χ2v) is 5.77. The summed E-state index contributed by atoms with van der Waals surface area (Å²) in [5.41, 5.74) is -1.69. The van der Waals surface area contributed by atoms with Crippen molar-refractivity contribution in [3.05, 3.63) is 35.4 Å². The van der Waals surface area contributed by atoms with Crippen LogP contribution in [0.25, 0.3) is 0 Å². The lowest BCUT2D eigenvalue weighted by Crippen LogP contribution is -2.48. The molecular formula is C16H17F3N2O4. The molecule has 1 unspecified atom stereocenters. The molecule has 0 aliphatic heterocycles. The van der Waals surface area contributed by atoms with Gasteiger partial charge in [0.2, 0.25) is 5.91 Å². The fourth-order valence-corrected chi connectivity index (χ4v) is 2.48. The van der Waals surface area contributed by atoms with Gasteiger partial charge in [0.05, 0.1) is 17.7 Å². The SMILES string of the molecule is CC(C(=O)O)N(C(=O)CNC(=O)c1ccccc1C(F)(F)F)C1CC1. The fraction of sp³-hybridized carbons (Fsp3) is 0.438. The van der Waals surface area contributed by atoms with Crippen molar-refractivity contribution in [2.24, 2.45) is 0 Å². The molecule has 0 bridgehead atoms. The zero-order valence-corrected chi connectivity index (χ0v) is 13.3. The molecule has 2 amide bonds. The highest BCUT2D eigenvalue weighted by molar-refractivity contribution is 5.98. The van der Waals surface area contributed by atoms with Crippen LogP contribution < -0.4 is 5.32 Å². The molecule has 0 radical (unpaired) electrons. The Morgan fingerprint density at radius 3 is 2.40 bits per heavy atom. The summed E-state index contributed by atoms with van der Waals surface area (Å²) in [6.45, 7) is 0.776. The number of nitrogens with zero attached hydrogens (tertiary/aromatic N) is 1. The van der Waals surface area contributed by atoms with E-state index >= 15 is 0 Å². The lowest BCUT2D eigenvalue weighted by atomic mass is 10.1. The quantitative estimate of drug-likeness (QED) is 0.813. The van der Waals surface area contributed by atoms with E-state index in [1.54, 1.807) is 0 Å². The third-order valence-corrected chi connectivity index (χ3v) is 3.88. The van der Waals surface area contributed by atoms with Crippen molar-refractivity contribution in [1.82, 2.24) is 10.2 Å². The van der Waals surface area contributed by atoms with Gasteiger partial charge in [0.15, 0.2) is 0 Å². The van der Waals surface area contributed by atoms with Crippen molar-refractivity contribution in [3.63, 3.8) is 0 Å². The molecule has 25 heavy (non-hydrogen) atoms. The molecule has 1 saturated carbocycles. The highest BCUT2D eigenvalue weighted by Crippen LogP contribution is 2.32. The first-order chi connectivity index (χ1) is 11.6. The summed E-state index contributed by atoms with van der Waals surface area (Å²) in [5.74, 6) is -2.87. The van der Waals surface area contributed by atoms with Gasteiger partial charge >= 0.3 is 12.1 Å². The molecule has 0 aromatic heterocycles. The highest BCUT2D eigenvalue weighted by atomic mass is 19.4. The Morgan fingerprint density at radius 2 is 1.88 bits per heavy atom. The normalized spacial score (nSPS) is 15.4. The van der Waals surface area contributed by atoms with Crippen molar-refractivity contribution < 1.29 is 32.7 Å². The highest BCUT2D eigenvalue weighted by Gasteiger charge is 2.39. The van der Waals surface area contributed by atoms with Crippen molar-refractivity contribution in [3.8, 4) is 0 Å². The molecule has 1 aliphatic rings. The summed E-state index contributed by atoms with van der Waals surface area (Å²) in [6, 6.07) is 2.96. The van der Waals surface area contributed by atoms with Crippen LogP contribution in [0.3, 0.4) is 0 Å². The number of hydrogen-bond acceptors (Lipinski definition) is 3. The summed E-state index contributed by atoms with van der Waals surface area (Å²) < 4.78 is 38.8. The van der Waals surface area contributed by atoms with Crippen LogP contribution in [0.2, 0.25) is 0 Å². The second-order valence-electron chi connectivity index (χ2n) is 5.77. The molecule has 1 aromatic rings. The topological polar surface area (TPSA) is 86.7 Å². The maximum absolute atomic E-state index is 12.9. The average molecular weight is 358 g/mol. The van der Waals surface area contributed by atoms with Crippen molar-refractivity contribution in [2.75, 3.05) is 6.54 Å². The van der Waals surface area contributed by atoms with Crippen LogP contribution in [0.4, 0.5) is 13.2 Å². The summed E-state index contributed by atoms with van der Waals surface area (Å²) >= 11 is 0. The molecule has 1 aliphatic carbocycles. The number of halogens is 3. The zero-order valence-electron chi connectivity index (χ0n) is 13.3. The molecule has 136 valence electrons. The van der Waals surface area contributed by atoms with E-state index in [4.69, 9.17) is 5.11 Å². The Kier molecular flexibility index (Phi) is 5.34. The molecule has 6 nitrogen and oxygen atoms in total. The van der Waals surface area contributed by atoms with Gasteiger partial charge in [-0.3, -0.25) is 9.59 Å². The summed E-state index contributed by atoms with van der Waals surface area (Å²) in [4.78, 5) is 36.5. The van der Waals surface area contributed by atoms with E-state index in [-0.39, 0.29) is 6.04 Å². The van der Waals surface area contributed by atoms with Crippen LogP contribution in [-0.2, 0) is 15.8 Å². The number of carbonyl (C=O) groups excluding carboxylic acids is 2. The van der Waals surface area contributed by atoms with Crippen LogP contribution in [0, 0.1) is 0 Å². The molecule has 0 spiro atoms. The zero-order chi connectivity index (χ0) is 18.8. The van der Waals surface area contributed by atoms with Gasteiger partial charge in [-0.25, -0.2) is 4.79 Å². The molecule has 1 atom stereocenters. The maximum Gasteiger partial charge on any atom is 0.417 e. The number of aliphatic carboxylic acids is 1. The number of hydrogen-bond donors (Lipinski definition) is 2. The van der Waals surface area contributed by atoms with Crippen molar-refractivity contribution in [2.45, 2.75) is 38.0 Å². The smallest absolute Gasteiger partial charge is 0.417 e. The number of nitrogens with one attached hydrogen (secondary N) is 1. The van der Waals surface area contributed by atoms with Gasteiger partial charge in [0, 0.05) is 6.04 Å². The minimum atomic E-state index is -4.70. The van der Waals surface area contributed by atoms with E-state index in [9.17, 15) is 27.6 Å². The van der Waals surface area contributed by atoms with Crippen LogP contribution in [-0.4, -0.2) is 46.4 Å². The van der Waals surface area contributed by atoms with Crippen molar-refractivity contribution >= 4 is 17.8 Å².